The van der Waals surface area contributed by atoms with E-state index in [4.69, 9.17) is 25.9 Å². The standard InChI is InChI=1S/C71H75N3O9S.Na/c1-40-10-11-47-34-55-22-24-57(47)60(40)38-66(84(79,80)81)61-36-51-31-50(35-56-28-42(39-75)8-5-9-45-32-54(77)21-23-59(45)68(51)82-56)67(61)44-14-18-52(19-15-44)71(83-55,74-69(72)73)65-37-48-17-26-63-58(46-13-12-43-16-20-53(76)33-49(43)30-46)25-27-62(48)70(63,78)64(65)29-41-6-3-2-4-7-41;/h2-4,6-7,12-24,26,30,32-34,36,40,42,48,50,56,58,60-68,75-78H,8,10-11,25,27-29,31,35,37-39H2,1H3,(H4,72,73,74)(H,79,80,81);/q;+1/p-1/t40-,42+,48-,50-,56-,58+,60+,61-,62-,63-,64-,65+,66-,67+,68-,70-,71-;/m1./s1. The van der Waals surface area contributed by atoms with Crippen LogP contribution in [0.15, 0.2) is 156 Å². The SMILES string of the molecule is C[C@@H]1CCc2cc3ccc2[C@H]1C[C@@H](S(=O)(=O)[O-])[C@H]1C=C2C[C@H](C[C@H]4C[C@@H](CO)CC#Cc5cc(O)ccc5[C@@H]2O4)[C@@H]1c1ccc(cc1)[C@](N=C(N)N)([C@H]1C[C@H]2C=C[C@@H]4[C@H](c5ccc6ccc(O)cc6c5)CC[C@H]2[C@]4(O)[C@@H]1Cc1ccccc1)O3.[Na+]. The van der Waals surface area contributed by atoms with E-state index in [1.54, 1.807) is 18.2 Å². The molecule has 5 heterocycles. The van der Waals surface area contributed by atoms with Crippen molar-refractivity contribution in [2.45, 2.75) is 124 Å². The molecular formula is C71H74N3NaO9S. The number of aliphatic hydroxyl groups is 2. The van der Waals surface area contributed by atoms with E-state index in [-0.39, 0.29) is 113 Å². The van der Waals surface area contributed by atoms with Gasteiger partial charge in [-0.3, -0.25) is 0 Å². The topological polar surface area (TPSA) is 221 Å². The summed E-state index contributed by atoms with van der Waals surface area (Å²) in [6.07, 6.45) is 12.1. The molecule has 16 rings (SSSR count). The minimum atomic E-state index is -4.97. The Morgan fingerprint density at radius 3 is 2.35 bits per heavy atom. The van der Waals surface area contributed by atoms with E-state index in [9.17, 15) is 33.4 Å². The first-order valence-electron chi connectivity index (χ1n) is 30.5. The summed E-state index contributed by atoms with van der Waals surface area (Å²) in [6, 6.07) is 41.7. The molecule has 10 aliphatic rings. The Morgan fingerprint density at radius 1 is 0.800 bits per heavy atom. The van der Waals surface area contributed by atoms with Gasteiger partial charge in [0.05, 0.1) is 27.1 Å². The number of allylic oxidation sites excluding steroid dienone is 2. The van der Waals surface area contributed by atoms with Crippen LogP contribution in [0.3, 0.4) is 0 Å². The minimum Gasteiger partial charge on any atom is -0.748 e. The summed E-state index contributed by atoms with van der Waals surface area (Å²) in [5, 5.41) is 47.2. The number of aliphatic hydroxyl groups excluding tert-OH is 1. The number of fused-ring (bicyclic) bond motifs is 10. The molecule has 0 aromatic heterocycles. The van der Waals surface area contributed by atoms with Gasteiger partial charge in [-0.05, 0) is 198 Å². The summed E-state index contributed by atoms with van der Waals surface area (Å²) >= 11 is 0. The van der Waals surface area contributed by atoms with Crippen LogP contribution >= 0.6 is 0 Å². The summed E-state index contributed by atoms with van der Waals surface area (Å²) in [7, 11) is -4.97. The van der Waals surface area contributed by atoms with Crippen molar-refractivity contribution in [3.63, 3.8) is 0 Å². The van der Waals surface area contributed by atoms with Gasteiger partial charge in [0.2, 0.25) is 5.72 Å². The van der Waals surface area contributed by atoms with Crippen molar-refractivity contribution in [1.29, 1.82) is 0 Å². The number of ether oxygens (including phenoxy) is 2. The van der Waals surface area contributed by atoms with Crippen LogP contribution in [0.25, 0.3) is 10.8 Å². The van der Waals surface area contributed by atoms with Crippen LogP contribution in [0.2, 0.25) is 0 Å². The Morgan fingerprint density at radius 2 is 1.56 bits per heavy atom. The third-order valence-electron chi connectivity index (χ3n) is 21.6. The quantitative estimate of drug-likeness (QED) is 0.0223. The largest absolute Gasteiger partial charge is 1.00 e. The van der Waals surface area contributed by atoms with Crippen molar-refractivity contribution in [3.05, 3.63) is 196 Å². The average Bonchev–Trinajstić information content (AvgIpc) is 1.28. The predicted molar refractivity (Wildman–Crippen MR) is 323 cm³/mol. The fraction of sp³-hybridized carbons (Fsp3) is 0.423. The van der Waals surface area contributed by atoms with Gasteiger partial charge in [0.15, 0.2) is 5.96 Å². The van der Waals surface area contributed by atoms with Gasteiger partial charge in [-0.25, -0.2) is 13.4 Å². The van der Waals surface area contributed by atoms with Crippen LogP contribution in [0.4, 0.5) is 0 Å². The molecule has 17 atom stereocenters. The average molecular weight is 1170 g/mol. The number of aryl methyl sites for hydroxylation is 1. The van der Waals surface area contributed by atoms with Gasteiger partial charge in [-0.2, -0.15) is 0 Å². The third kappa shape index (κ3) is 10.3. The number of aromatic hydroxyl groups is 2. The number of phenols is 2. The molecular weight excluding hydrogens is 1090 g/mol. The van der Waals surface area contributed by atoms with Gasteiger partial charge < -0.3 is 45.9 Å². The molecule has 0 spiro atoms. The predicted octanol–water partition coefficient (Wildman–Crippen LogP) is 8.28. The Bertz CT molecular complexity index is 3820. The van der Waals surface area contributed by atoms with E-state index < -0.39 is 56.5 Å². The van der Waals surface area contributed by atoms with E-state index in [1.807, 2.05) is 54.6 Å². The van der Waals surface area contributed by atoms with Crippen molar-refractivity contribution in [3.8, 4) is 29.1 Å². The molecule has 8 N–H and O–H groups in total. The number of rotatable bonds is 7. The Labute approximate surface area is 520 Å². The van der Waals surface area contributed by atoms with Gasteiger partial charge in [-0.15, -0.1) is 0 Å². The number of hydrogen-bond acceptors (Lipinski definition) is 10. The molecule has 0 amide bonds. The molecule has 85 heavy (non-hydrogen) atoms. The minimum absolute atomic E-state index is 0. The number of benzene rings is 6. The van der Waals surface area contributed by atoms with E-state index >= 15 is 0 Å². The summed E-state index contributed by atoms with van der Waals surface area (Å²) < 4.78 is 58.3. The number of phenolic OH excluding ortho intramolecular Hbond substituents is 2. The van der Waals surface area contributed by atoms with Crippen LogP contribution in [-0.2, 0) is 33.4 Å². The van der Waals surface area contributed by atoms with Crippen molar-refractivity contribution in [2.24, 2.45) is 69.7 Å². The number of aliphatic imine (C=N–C) groups is 1. The summed E-state index contributed by atoms with van der Waals surface area (Å²) in [4.78, 5) is 5.38. The molecule has 0 radical (unpaired) electrons. The van der Waals surface area contributed by atoms with E-state index in [0.29, 0.717) is 61.8 Å². The molecule has 434 valence electrons. The molecule has 5 aliphatic heterocycles. The Balaban J connectivity index is 0.00000672. The first-order chi connectivity index (χ1) is 40.5. The summed E-state index contributed by atoms with van der Waals surface area (Å²) in [5.74, 6) is 3.93. The van der Waals surface area contributed by atoms with Gasteiger partial charge >= 0.3 is 29.6 Å². The van der Waals surface area contributed by atoms with Gasteiger partial charge in [-0.1, -0.05) is 128 Å². The maximum absolute atomic E-state index is 14.5. The molecule has 6 aromatic carbocycles. The smallest absolute Gasteiger partial charge is 0.748 e. The van der Waals surface area contributed by atoms with Crippen molar-refractivity contribution < 1.29 is 72.4 Å². The number of nitrogens with zero attached hydrogens (tertiary/aromatic N) is 1. The van der Waals surface area contributed by atoms with Crippen molar-refractivity contribution in [1.82, 2.24) is 0 Å². The summed E-state index contributed by atoms with van der Waals surface area (Å²) in [6.45, 7) is 2.07. The zero-order valence-electron chi connectivity index (χ0n) is 48.3. The van der Waals surface area contributed by atoms with Crippen LogP contribution in [-0.4, -0.2) is 62.9 Å². The molecule has 1 saturated heterocycles. The van der Waals surface area contributed by atoms with Gasteiger partial charge in [0.25, 0.3) is 0 Å². The molecule has 3 fully saturated rings. The number of guanidine groups is 1. The normalized spacial score (nSPS) is 34.2. The third-order valence-corrected chi connectivity index (χ3v) is 22.8. The van der Waals surface area contributed by atoms with E-state index in [1.165, 1.54) is 0 Å². The van der Waals surface area contributed by atoms with Crippen LogP contribution in [0, 0.1) is 65.1 Å². The fourth-order valence-electron chi connectivity index (χ4n) is 17.9. The van der Waals surface area contributed by atoms with E-state index in [0.717, 1.165) is 69.0 Å². The second kappa shape index (κ2) is 22.7. The molecule has 14 heteroatoms. The van der Waals surface area contributed by atoms with Crippen LogP contribution in [0.1, 0.15) is 133 Å². The van der Waals surface area contributed by atoms with Crippen LogP contribution in [0.5, 0.6) is 17.2 Å². The van der Waals surface area contributed by atoms with E-state index in [2.05, 4.69) is 91.6 Å². The van der Waals surface area contributed by atoms with Crippen molar-refractivity contribution >= 4 is 26.9 Å². The Kier molecular flexibility index (Phi) is 15.5. The maximum atomic E-state index is 14.5. The molecule has 2 saturated carbocycles. The number of hydrogen-bond donors (Lipinski definition) is 6. The first kappa shape index (κ1) is 58.1. The molecule has 0 unspecified atom stereocenters. The zero-order chi connectivity index (χ0) is 57.8. The molecule has 12 nitrogen and oxygen atoms in total. The van der Waals surface area contributed by atoms with Gasteiger partial charge in [0.1, 0.15) is 23.4 Å². The molecule has 5 aliphatic carbocycles. The maximum Gasteiger partial charge on any atom is 1.00 e. The first-order valence-corrected chi connectivity index (χ1v) is 32.0. The van der Waals surface area contributed by atoms with Crippen LogP contribution < -0.4 is 45.8 Å². The zero-order valence-corrected chi connectivity index (χ0v) is 51.2. The Hall–Kier alpha value is -5.92. The summed E-state index contributed by atoms with van der Waals surface area (Å²) in [5.41, 5.74) is 18.6. The monoisotopic (exact) mass is 1170 g/mol. The van der Waals surface area contributed by atoms with Gasteiger partial charge in [0, 0.05) is 47.5 Å². The molecule has 6 aromatic rings. The molecule has 14 bridgehead atoms. The fourth-order valence-corrected chi connectivity index (χ4v) is 19.0. The second-order valence-corrected chi connectivity index (χ2v) is 27.7. The van der Waals surface area contributed by atoms with Crippen molar-refractivity contribution in [2.75, 3.05) is 6.61 Å². The second-order valence-electron chi connectivity index (χ2n) is 26.1. The number of nitrogens with two attached hydrogens (primary N) is 2.